The van der Waals surface area contributed by atoms with E-state index >= 15 is 0 Å². The summed E-state index contributed by atoms with van der Waals surface area (Å²) in [5.74, 6) is 1.16. The molecule has 1 aromatic carbocycles. The van der Waals surface area contributed by atoms with Crippen LogP contribution in [0.25, 0.3) is 0 Å². The number of methoxy groups -OCH3 is 3. The number of carbonyl (C=O) groups excluding carboxylic acids is 1. The third-order valence-corrected chi connectivity index (χ3v) is 4.84. The van der Waals surface area contributed by atoms with E-state index in [1.54, 1.807) is 19.2 Å². The molecule has 1 fully saturated rings. The van der Waals surface area contributed by atoms with Gasteiger partial charge in [0.15, 0.2) is 11.5 Å². The molecule has 2 rings (SSSR count). The Morgan fingerprint density at radius 3 is 2.24 bits per heavy atom. The number of nitrogens with zero attached hydrogens (tertiary/aromatic N) is 1. The van der Waals surface area contributed by atoms with Crippen molar-refractivity contribution in [1.29, 1.82) is 0 Å². The first-order valence-corrected chi connectivity index (χ1v) is 8.77. The fourth-order valence-electron chi connectivity index (χ4n) is 3.28. The molecule has 1 aromatic rings. The lowest BCUT2D eigenvalue weighted by Gasteiger charge is -2.41. The molecule has 6 heteroatoms. The van der Waals surface area contributed by atoms with Crippen molar-refractivity contribution in [3.63, 3.8) is 0 Å². The number of carbonyl (C=O) groups is 1. The van der Waals surface area contributed by atoms with E-state index in [1.807, 2.05) is 0 Å². The van der Waals surface area contributed by atoms with Crippen LogP contribution < -0.4 is 19.5 Å². The minimum Gasteiger partial charge on any atom is -0.493 e. The smallest absolute Gasteiger partial charge is 0.255 e. The van der Waals surface area contributed by atoms with Gasteiger partial charge in [0.2, 0.25) is 5.75 Å². The number of ether oxygens (including phenoxy) is 3. The molecule has 0 saturated carbocycles. The average molecular weight is 350 g/mol. The van der Waals surface area contributed by atoms with Crippen LogP contribution in [0.5, 0.6) is 17.2 Å². The quantitative estimate of drug-likeness (QED) is 0.819. The molecule has 140 valence electrons. The molecule has 0 aromatic heterocycles. The van der Waals surface area contributed by atoms with E-state index in [0.717, 1.165) is 13.1 Å². The number of likely N-dealkylation sites (tertiary alicyclic amines) is 1. The number of piperidine rings is 1. The van der Waals surface area contributed by atoms with Gasteiger partial charge in [-0.05, 0) is 51.9 Å². The van der Waals surface area contributed by atoms with Crippen molar-refractivity contribution >= 4 is 5.91 Å². The van der Waals surface area contributed by atoms with Gasteiger partial charge in [-0.15, -0.1) is 0 Å². The van der Waals surface area contributed by atoms with Crippen LogP contribution in [0.3, 0.4) is 0 Å². The van der Waals surface area contributed by atoms with Crippen molar-refractivity contribution in [3.8, 4) is 17.2 Å². The summed E-state index contributed by atoms with van der Waals surface area (Å²) in [6, 6.07) is 3.41. The molecule has 6 nitrogen and oxygen atoms in total. The molecule has 1 N–H and O–H groups in total. The van der Waals surface area contributed by atoms with Crippen molar-refractivity contribution in [2.75, 3.05) is 41.0 Å². The molecule has 1 amide bonds. The standard InChI is InChI=1S/C19H30N2O4/c1-19(2,21-11-7-6-8-12-21)13-20-18(22)14-9-10-15(23-3)17(25-5)16(14)24-4/h9-10H,6-8,11-13H2,1-5H3,(H,20,22). The highest BCUT2D eigenvalue weighted by Crippen LogP contribution is 2.39. The van der Waals surface area contributed by atoms with Crippen LogP contribution in [0.15, 0.2) is 12.1 Å². The molecule has 0 spiro atoms. The van der Waals surface area contributed by atoms with Gasteiger partial charge in [0.1, 0.15) is 0 Å². The summed E-state index contributed by atoms with van der Waals surface area (Å²) in [5.41, 5.74) is 0.356. The van der Waals surface area contributed by atoms with E-state index in [-0.39, 0.29) is 11.4 Å². The highest BCUT2D eigenvalue weighted by atomic mass is 16.5. The Kier molecular flexibility index (Phi) is 6.53. The fourth-order valence-corrected chi connectivity index (χ4v) is 3.28. The summed E-state index contributed by atoms with van der Waals surface area (Å²) in [6.07, 6.45) is 3.74. The summed E-state index contributed by atoms with van der Waals surface area (Å²) in [4.78, 5) is 15.2. The average Bonchev–Trinajstić information content (AvgIpc) is 2.65. The predicted molar refractivity (Wildman–Crippen MR) is 97.9 cm³/mol. The predicted octanol–water partition coefficient (Wildman–Crippen LogP) is 2.71. The molecular weight excluding hydrogens is 320 g/mol. The van der Waals surface area contributed by atoms with Gasteiger partial charge in [-0.25, -0.2) is 0 Å². The zero-order chi connectivity index (χ0) is 18.4. The van der Waals surface area contributed by atoms with Gasteiger partial charge in [0, 0.05) is 12.1 Å². The second-order valence-corrected chi connectivity index (χ2v) is 6.92. The Bertz CT molecular complexity index is 595. The van der Waals surface area contributed by atoms with Gasteiger partial charge < -0.3 is 19.5 Å². The monoisotopic (exact) mass is 350 g/mol. The molecule has 1 aliphatic rings. The van der Waals surface area contributed by atoms with E-state index in [2.05, 4.69) is 24.1 Å². The Hall–Kier alpha value is -1.95. The van der Waals surface area contributed by atoms with E-state index < -0.39 is 0 Å². The normalized spacial score (nSPS) is 15.6. The molecule has 1 heterocycles. The lowest BCUT2D eigenvalue weighted by Crippen LogP contribution is -2.53. The summed E-state index contributed by atoms with van der Waals surface area (Å²) < 4.78 is 16.0. The van der Waals surface area contributed by atoms with Gasteiger partial charge in [0.05, 0.1) is 26.9 Å². The van der Waals surface area contributed by atoms with Crippen molar-refractivity contribution in [2.45, 2.75) is 38.6 Å². The van der Waals surface area contributed by atoms with Crippen molar-refractivity contribution in [3.05, 3.63) is 17.7 Å². The van der Waals surface area contributed by atoms with E-state index in [0.29, 0.717) is 29.4 Å². The number of rotatable bonds is 7. The summed E-state index contributed by atoms with van der Waals surface area (Å²) in [5, 5.41) is 3.04. The van der Waals surface area contributed by atoms with Gasteiger partial charge in [0.25, 0.3) is 5.91 Å². The molecule has 0 aliphatic carbocycles. The largest absolute Gasteiger partial charge is 0.493 e. The van der Waals surface area contributed by atoms with Crippen molar-refractivity contribution in [1.82, 2.24) is 10.2 Å². The van der Waals surface area contributed by atoms with Gasteiger partial charge in [-0.2, -0.15) is 0 Å². The topological polar surface area (TPSA) is 60.0 Å². The number of benzene rings is 1. The highest BCUT2D eigenvalue weighted by molar-refractivity contribution is 5.98. The van der Waals surface area contributed by atoms with E-state index in [9.17, 15) is 4.79 Å². The van der Waals surface area contributed by atoms with Crippen LogP contribution >= 0.6 is 0 Å². The Labute approximate surface area is 150 Å². The van der Waals surface area contributed by atoms with Gasteiger partial charge in [-0.1, -0.05) is 6.42 Å². The lowest BCUT2D eigenvalue weighted by atomic mass is 9.98. The first kappa shape index (κ1) is 19.4. The zero-order valence-electron chi connectivity index (χ0n) is 16.0. The van der Waals surface area contributed by atoms with Crippen LogP contribution in [-0.4, -0.2) is 57.3 Å². The number of nitrogens with one attached hydrogen (secondary N) is 1. The Morgan fingerprint density at radius 2 is 1.68 bits per heavy atom. The summed E-state index contributed by atoms with van der Waals surface area (Å²) in [7, 11) is 4.60. The zero-order valence-corrected chi connectivity index (χ0v) is 16.0. The minimum atomic E-state index is -0.178. The first-order chi connectivity index (χ1) is 11.9. The van der Waals surface area contributed by atoms with Crippen LogP contribution in [0, 0.1) is 0 Å². The minimum absolute atomic E-state index is 0.0835. The van der Waals surface area contributed by atoms with Crippen LogP contribution in [0.1, 0.15) is 43.5 Å². The summed E-state index contributed by atoms with van der Waals surface area (Å²) in [6.45, 7) is 7.09. The maximum atomic E-state index is 12.7. The van der Waals surface area contributed by atoms with Crippen molar-refractivity contribution in [2.24, 2.45) is 0 Å². The van der Waals surface area contributed by atoms with Gasteiger partial charge >= 0.3 is 0 Å². The molecule has 0 bridgehead atoms. The second-order valence-electron chi connectivity index (χ2n) is 6.92. The molecule has 0 atom stereocenters. The molecule has 1 aliphatic heterocycles. The van der Waals surface area contributed by atoms with Gasteiger partial charge in [-0.3, -0.25) is 9.69 Å². The number of hydrogen-bond donors (Lipinski definition) is 1. The third kappa shape index (κ3) is 4.37. The Morgan fingerprint density at radius 1 is 1.04 bits per heavy atom. The van der Waals surface area contributed by atoms with Crippen molar-refractivity contribution < 1.29 is 19.0 Å². The van der Waals surface area contributed by atoms with Crippen LogP contribution in [0.4, 0.5) is 0 Å². The molecule has 0 radical (unpaired) electrons. The maximum absolute atomic E-state index is 12.7. The summed E-state index contributed by atoms with van der Waals surface area (Å²) >= 11 is 0. The maximum Gasteiger partial charge on any atom is 0.255 e. The lowest BCUT2D eigenvalue weighted by molar-refractivity contribution is 0.0795. The molecule has 1 saturated heterocycles. The highest BCUT2D eigenvalue weighted by Gasteiger charge is 2.29. The fraction of sp³-hybridized carbons (Fsp3) is 0.632. The third-order valence-electron chi connectivity index (χ3n) is 4.84. The Balaban J connectivity index is 2.12. The molecule has 0 unspecified atom stereocenters. The number of hydrogen-bond acceptors (Lipinski definition) is 5. The second kappa shape index (κ2) is 8.43. The number of amides is 1. The van der Waals surface area contributed by atoms with Crippen LogP contribution in [0.2, 0.25) is 0 Å². The van der Waals surface area contributed by atoms with E-state index in [4.69, 9.17) is 14.2 Å². The first-order valence-electron chi connectivity index (χ1n) is 8.77. The molecular formula is C19H30N2O4. The van der Waals surface area contributed by atoms with E-state index in [1.165, 1.54) is 33.5 Å². The van der Waals surface area contributed by atoms with Crippen LogP contribution in [-0.2, 0) is 0 Å². The SMILES string of the molecule is COc1ccc(C(=O)NCC(C)(C)N2CCCCC2)c(OC)c1OC. The molecule has 25 heavy (non-hydrogen) atoms.